The van der Waals surface area contributed by atoms with E-state index in [9.17, 15) is 4.79 Å². The number of hydrogen-bond donors (Lipinski definition) is 2. The van der Waals surface area contributed by atoms with Crippen LogP contribution in [0.2, 0.25) is 5.02 Å². The number of halogens is 1. The summed E-state index contributed by atoms with van der Waals surface area (Å²) in [5, 5.41) is 9.42. The number of H-pyrrole nitrogens is 1. The number of aromatic nitrogens is 6. The van der Waals surface area contributed by atoms with Crippen LogP contribution in [0.3, 0.4) is 0 Å². The summed E-state index contributed by atoms with van der Waals surface area (Å²) in [5.74, 6) is -0.243. The Balaban J connectivity index is 1.52. The van der Waals surface area contributed by atoms with E-state index >= 15 is 0 Å². The van der Waals surface area contributed by atoms with Crippen LogP contribution in [0, 0.1) is 0 Å². The maximum absolute atomic E-state index is 13.1. The Labute approximate surface area is 207 Å². The van der Waals surface area contributed by atoms with Crippen molar-refractivity contribution in [2.75, 3.05) is 20.6 Å². The van der Waals surface area contributed by atoms with Crippen LogP contribution in [0.5, 0.6) is 0 Å². The number of nitrogens with one attached hydrogen (secondary N) is 2. The fourth-order valence-electron chi connectivity index (χ4n) is 3.97. The van der Waals surface area contributed by atoms with E-state index in [2.05, 4.69) is 25.2 Å². The normalized spacial score (nSPS) is 12.5. The van der Waals surface area contributed by atoms with Gasteiger partial charge in [-0.05, 0) is 50.8 Å². The van der Waals surface area contributed by atoms with E-state index in [1.54, 1.807) is 24.8 Å². The van der Waals surface area contributed by atoms with Crippen molar-refractivity contribution >= 4 is 39.6 Å². The molecule has 0 saturated heterocycles. The number of carbonyl (C=O) groups is 1. The van der Waals surface area contributed by atoms with Gasteiger partial charge in [-0.25, -0.2) is 9.97 Å². The summed E-state index contributed by atoms with van der Waals surface area (Å²) in [6.07, 6.45) is 6.75. The molecule has 5 rings (SSSR count). The SMILES string of the molecule is CC(NC(=O)c1c[nH]c2ncc(-c3nn(CCN(C)C)c4cc(Cl)ccc34)nc12)c1cccnc1. The van der Waals surface area contributed by atoms with Crippen molar-refractivity contribution < 1.29 is 4.79 Å². The predicted octanol–water partition coefficient (Wildman–Crippen LogP) is 4.08. The van der Waals surface area contributed by atoms with Crippen LogP contribution in [0.15, 0.2) is 55.1 Å². The van der Waals surface area contributed by atoms with Crippen molar-refractivity contribution in [3.8, 4) is 11.4 Å². The van der Waals surface area contributed by atoms with Gasteiger partial charge in [-0.1, -0.05) is 17.7 Å². The van der Waals surface area contributed by atoms with Gasteiger partial charge in [0.1, 0.15) is 16.9 Å². The number of pyridine rings is 1. The van der Waals surface area contributed by atoms with E-state index in [4.69, 9.17) is 21.7 Å². The van der Waals surface area contributed by atoms with Crippen LogP contribution in [0.1, 0.15) is 28.9 Å². The number of carbonyl (C=O) groups excluding carboxylic acids is 1. The largest absolute Gasteiger partial charge is 0.345 e. The first-order valence-corrected chi connectivity index (χ1v) is 11.6. The van der Waals surface area contributed by atoms with Crippen LogP contribution >= 0.6 is 11.6 Å². The van der Waals surface area contributed by atoms with Crippen LogP contribution in [0.25, 0.3) is 33.5 Å². The number of aromatic amines is 1. The first-order chi connectivity index (χ1) is 16.9. The smallest absolute Gasteiger partial charge is 0.255 e. The van der Waals surface area contributed by atoms with Gasteiger partial charge in [0.05, 0.1) is 29.9 Å². The van der Waals surface area contributed by atoms with Gasteiger partial charge in [0, 0.05) is 35.5 Å². The predicted molar refractivity (Wildman–Crippen MR) is 136 cm³/mol. The van der Waals surface area contributed by atoms with E-state index in [0.29, 0.717) is 39.7 Å². The summed E-state index contributed by atoms with van der Waals surface area (Å²) in [4.78, 5) is 31.7. The monoisotopic (exact) mass is 488 g/mol. The molecule has 0 spiro atoms. The highest BCUT2D eigenvalue weighted by molar-refractivity contribution is 6.31. The van der Waals surface area contributed by atoms with Gasteiger partial charge in [0.2, 0.25) is 0 Å². The molecule has 0 aliphatic rings. The lowest BCUT2D eigenvalue weighted by Crippen LogP contribution is -2.26. The topological polar surface area (TPSA) is 105 Å². The summed E-state index contributed by atoms with van der Waals surface area (Å²) >= 11 is 6.28. The Bertz CT molecular complexity index is 1510. The highest BCUT2D eigenvalue weighted by Crippen LogP contribution is 2.30. The maximum atomic E-state index is 13.1. The molecule has 0 radical (unpaired) electrons. The molecular formula is C25H25ClN8O. The highest BCUT2D eigenvalue weighted by Gasteiger charge is 2.20. The van der Waals surface area contributed by atoms with Crippen LogP contribution in [-0.2, 0) is 6.54 Å². The average Bonchev–Trinajstić information content (AvgIpc) is 3.44. The van der Waals surface area contributed by atoms with Crippen molar-refractivity contribution in [3.05, 3.63) is 71.3 Å². The molecule has 4 aromatic heterocycles. The summed E-state index contributed by atoms with van der Waals surface area (Å²) in [6, 6.07) is 9.25. The molecule has 4 heterocycles. The van der Waals surface area contributed by atoms with E-state index in [0.717, 1.165) is 23.0 Å². The third-order valence-corrected chi connectivity index (χ3v) is 6.11. The van der Waals surface area contributed by atoms with Gasteiger partial charge in [-0.15, -0.1) is 0 Å². The number of likely N-dealkylation sites (N-methyl/N-ethyl adjacent to an activating group) is 1. The van der Waals surface area contributed by atoms with Crippen molar-refractivity contribution in [2.24, 2.45) is 0 Å². The molecule has 10 heteroatoms. The Morgan fingerprint density at radius 1 is 1.26 bits per heavy atom. The molecular weight excluding hydrogens is 464 g/mol. The van der Waals surface area contributed by atoms with Gasteiger partial charge in [-0.3, -0.25) is 14.5 Å². The second-order valence-electron chi connectivity index (χ2n) is 8.67. The molecule has 0 fully saturated rings. The zero-order valence-corrected chi connectivity index (χ0v) is 20.4. The molecule has 1 atom stereocenters. The van der Waals surface area contributed by atoms with Crippen molar-refractivity contribution in [3.63, 3.8) is 0 Å². The van der Waals surface area contributed by atoms with Crippen molar-refractivity contribution in [1.29, 1.82) is 0 Å². The van der Waals surface area contributed by atoms with Crippen LogP contribution in [-0.4, -0.2) is 61.2 Å². The Morgan fingerprint density at radius 2 is 2.11 bits per heavy atom. The molecule has 1 unspecified atom stereocenters. The highest BCUT2D eigenvalue weighted by atomic mass is 35.5. The number of nitrogens with zero attached hydrogens (tertiary/aromatic N) is 6. The van der Waals surface area contributed by atoms with E-state index in [1.165, 1.54) is 0 Å². The number of amides is 1. The Hall–Kier alpha value is -3.82. The first-order valence-electron chi connectivity index (χ1n) is 11.3. The molecule has 5 aromatic rings. The summed E-state index contributed by atoms with van der Waals surface area (Å²) < 4.78 is 1.93. The molecule has 0 saturated carbocycles. The minimum Gasteiger partial charge on any atom is -0.345 e. The molecule has 178 valence electrons. The van der Waals surface area contributed by atoms with Gasteiger partial charge in [-0.2, -0.15) is 5.10 Å². The molecule has 2 N–H and O–H groups in total. The van der Waals surface area contributed by atoms with E-state index in [-0.39, 0.29) is 11.9 Å². The Morgan fingerprint density at radius 3 is 2.89 bits per heavy atom. The van der Waals surface area contributed by atoms with E-state index in [1.807, 2.05) is 56.0 Å². The first kappa shape index (κ1) is 22.9. The molecule has 0 aliphatic heterocycles. The zero-order valence-electron chi connectivity index (χ0n) is 19.7. The lowest BCUT2D eigenvalue weighted by molar-refractivity contribution is 0.0941. The van der Waals surface area contributed by atoms with Crippen LogP contribution in [0.4, 0.5) is 0 Å². The standard InChI is InChI=1S/C25H25ClN8O/c1-15(16-5-4-8-27-12-16)30-25(35)19-13-28-24-23(19)31-20(14-29-24)22-18-7-6-17(26)11-21(18)34(32-22)10-9-33(2)3/h4-8,11-15H,9-10H2,1-3H3,(H,28,29)(H,30,35). The van der Waals surface area contributed by atoms with Gasteiger partial charge in [0.15, 0.2) is 5.65 Å². The lowest BCUT2D eigenvalue weighted by atomic mass is 10.1. The zero-order chi connectivity index (χ0) is 24.5. The summed E-state index contributed by atoms with van der Waals surface area (Å²) in [5.41, 5.74) is 4.57. The minimum atomic E-state index is -0.243. The Kier molecular flexibility index (Phi) is 6.19. The molecule has 0 bridgehead atoms. The molecule has 0 aliphatic carbocycles. The third kappa shape index (κ3) is 4.60. The number of fused-ring (bicyclic) bond motifs is 2. The minimum absolute atomic E-state index is 0.210. The van der Waals surface area contributed by atoms with Gasteiger partial charge < -0.3 is 15.2 Å². The van der Waals surface area contributed by atoms with Crippen molar-refractivity contribution in [1.82, 2.24) is 39.9 Å². The molecule has 9 nitrogen and oxygen atoms in total. The fraction of sp³-hybridized carbons (Fsp3) is 0.240. The maximum Gasteiger partial charge on any atom is 0.255 e. The number of rotatable bonds is 7. The summed E-state index contributed by atoms with van der Waals surface area (Å²) in [6.45, 7) is 3.44. The quantitative estimate of drug-likeness (QED) is 0.358. The number of benzene rings is 1. The van der Waals surface area contributed by atoms with Gasteiger partial charge in [0.25, 0.3) is 5.91 Å². The second-order valence-corrected chi connectivity index (χ2v) is 9.11. The summed E-state index contributed by atoms with van der Waals surface area (Å²) in [7, 11) is 4.04. The average molecular weight is 489 g/mol. The number of hydrogen-bond acceptors (Lipinski definition) is 6. The fourth-order valence-corrected chi connectivity index (χ4v) is 4.14. The van der Waals surface area contributed by atoms with Crippen molar-refractivity contribution in [2.45, 2.75) is 19.5 Å². The van der Waals surface area contributed by atoms with E-state index < -0.39 is 0 Å². The molecule has 1 amide bonds. The lowest BCUT2D eigenvalue weighted by Gasteiger charge is -2.13. The van der Waals surface area contributed by atoms with Crippen LogP contribution < -0.4 is 5.32 Å². The molecule has 35 heavy (non-hydrogen) atoms. The second kappa shape index (κ2) is 9.44. The molecule has 1 aromatic carbocycles. The third-order valence-electron chi connectivity index (χ3n) is 5.87. The van der Waals surface area contributed by atoms with Gasteiger partial charge >= 0.3 is 0 Å².